The topological polar surface area (TPSA) is 84.5 Å². The summed E-state index contributed by atoms with van der Waals surface area (Å²) in [4.78, 5) is 28.1. The summed E-state index contributed by atoms with van der Waals surface area (Å²) in [5.41, 5.74) is 4.19. The van der Waals surface area contributed by atoms with Crippen LogP contribution in [0, 0.1) is 22.9 Å². The predicted octanol–water partition coefficient (Wildman–Crippen LogP) is 4.27. The molecule has 0 spiro atoms. The number of aromatic nitrogens is 2. The number of likely N-dealkylation sites (N-methyl/N-ethyl adjacent to an activating group) is 1. The molecule has 4 rings (SSSR count). The minimum absolute atomic E-state index is 0.0757. The van der Waals surface area contributed by atoms with Crippen molar-refractivity contribution in [3.8, 4) is 5.69 Å². The molecular formula is C25H28FN5O3. The zero-order chi connectivity index (χ0) is 24.4. The molecule has 0 fully saturated rings. The van der Waals surface area contributed by atoms with E-state index in [9.17, 15) is 19.3 Å². The van der Waals surface area contributed by atoms with E-state index in [1.165, 1.54) is 18.2 Å². The number of rotatable bonds is 7. The maximum atomic E-state index is 13.9. The number of amides is 1. The van der Waals surface area contributed by atoms with Crippen molar-refractivity contribution in [3.63, 3.8) is 0 Å². The van der Waals surface area contributed by atoms with E-state index in [2.05, 4.69) is 11.8 Å². The van der Waals surface area contributed by atoms with Gasteiger partial charge in [-0.25, -0.2) is 9.07 Å². The molecular weight excluding hydrogens is 437 g/mol. The van der Waals surface area contributed by atoms with Crippen molar-refractivity contribution in [2.45, 2.75) is 40.3 Å². The summed E-state index contributed by atoms with van der Waals surface area (Å²) < 4.78 is 15.7. The molecule has 34 heavy (non-hydrogen) atoms. The quantitative estimate of drug-likeness (QED) is 0.384. The highest BCUT2D eigenvalue weighted by atomic mass is 19.1. The first-order valence-corrected chi connectivity index (χ1v) is 11.4. The maximum Gasteiger partial charge on any atom is 0.273 e. The number of benzene rings is 2. The van der Waals surface area contributed by atoms with Gasteiger partial charge in [0, 0.05) is 48.8 Å². The maximum absolute atomic E-state index is 13.9. The third kappa shape index (κ3) is 4.56. The van der Waals surface area contributed by atoms with Crippen LogP contribution in [-0.4, -0.2) is 50.0 Å². The third-order valence-electron chi connectivity index (χ3n) is 6.38. The molecule has 1 aliphatic rings. The molecule has 0 bridgehead atoms. The Kier molecular flexibility index (Phi) is 6.74. The zero-order valence-electron chi connectivity index (χ0n) is 19.6. The zero-order valence-corrected chi connectivity index (χ0v) is 19.6. The van der Waals surface area contributed by atoms with Crippen LogP contribution in [0.5, 0.6) is 0 Å². The summed E-state index contributed by atoms with van der Waals surface area (Å²) in [7, 11) is 0. The standard InChI is InChI=1S/C25H28FN5O3/c1-4-28-12-11-23-21(15-28)22(27-30(23)20-8-6-7-19(26)14-20)16-29(5-2)25(32)18-10-9-17(3)24(13-18)31(33)34/h6-10,13-14H,4-5,11-12,15-16H2,1-3H3. The van der Waals surface area contributed by atoms with E-state index in [4.69, 9.17) is 5.10 Å². The Morgan fingerprint density at radius 2 is 2.03 bits per heavy atom. The number of carbonyl (C=O) groups is 1. The first-order chi connectivity index (χ1) is 16.3. The summed E-state index contributed by atoms with van der Waals surface area (Å²) in [5, 5.41) is 16.2. The Morgan fingerprint density at radius 1 is 1.24 bits per heavy atom. The molecule has 0 atom stereocenters. The molecule has 2 aromatic carbocycles. The van der Waals surface area contributed by atoms with Crippen LogP contribution in [0.25, 0.3) is 5.69 Å². The average molecular weight is 466 g/mol. The van der Waals surface area contributed by atoms with E-state index in [0.717, 1.165) is 36.5 Å². The number of halogens is 1. The summed E-state index contributed by atoms with van der Waals surface area (Å²) in [6, 6.07) is 10.9. The minimum Gasteiger partial charge on any atom is -0.333 e. The normalized spacial score (nSPS) is 13.5. The molecule has 2 heterocycles. The molecule has 0 aliphatic carbocycles. The van der Waals surface area contributed by atoms with Crippen LogP contribution in [0.4, 0.5) is 10.1 Å². The monoisotopic (exact) mass is 465 g/mol. The largest absolute Gasteiger partial charge is 0.333 e. The van der Waals surface area contributed by atoms with Gasteiger partial charge in [0.25, 0.3) is 11.6 Å². The van der Waals surface area contributed by atoms with E-state index in [1.54, 1.807) is 34.7 Å². The van der Waals surface area contributed by atoms with Gasteiger partial charge in [0.05, 0.1) is 28.5 Å². The highest BCUT2D eigenvalue weighted by Gasteiger charge is 2.27. The van der Waals surface area contributed by atoms with Gasteiger partial charge in [-0.3, -0.25) is 19.8 Å². The van der Waals surface area contributed by atoms with E-state index in [0.29, 0.717) is 24.3 Å². The number of aryl methyl sites for hydroxylation is 1. The van der Waals surface area contributed by atoms with Gasteiger partial charge in [0.15, 0.2) is 0 Å². The van der Waals surface area contributed by atoms with Crippen molar-refractivity contribution >= 4 is 11.6 Å². The van der Waals surface area contributed by atoms with Crippen LogP contribution >= 0.6 is 0 Å². The fraction of sp³-hybridized carbons (Fsp3) is 0.360. The lowest BCUT2D eigenvalue weighted by atomic mass is 10.0. The van der Waals surface area contributed by atoms with Gasteiger partial charge in [-0.15, -0.1) is 0 Å². The summed E-state index contributed by atoms with van der Waals surface area (Å²) >= 11 is 0. The second-order valence-electron chi connectivity index (χ2n) is 8.46. The smallest absolute Gasteiger partial charge is 0.273 e. The van der Waals surface area contributed by atoms with Gasteiger partial charge in [-0.1, -0.05) is 19.1 Å². The van der Waals surface area contributed by atoms with Crippen LogP contribution in [0.1, 0.15) is 46.7 Å². The highest BCUT2D eigenvalue weighted by molar-refractivity contribution is 5.95. The van der Waals surface area contributed by atoms with Gasteiger partial charge in [0.2, 0.25) is 0 Å². The molecule has 1 amide bonds. The fourth-order valence-corrected chi connectivity index (χ4v) is 4.39. The van der Waals surface area contributed by atoms with Crippen molar-refractivity contribution in [1.29, 1.82) is 0 Å². The number of fused-ring (bicyclic) bond motifs is 1. The first kappa shape index (κ1) is 23.6. The molecule has 8 nitrogen and oxygen atoms in total. The molecule has 1 aromatic heterocycles. The molecule has 0 saturated carbocycles. The lowest BCUT2D eigenvalue weighted by Crippen LogP contribution is -2.33. The second-order valence-corrected chi connectivity index (χ2v) is 8.46. The van der Waals surface area contributed by atoms with E-state index in [-0.39, 0.29) is 29.5 Å². The van der Waals surface area contributed by atoms with Gasteiger partial charge >= 0.3 is 0 Å². The molecule has 1 aliphatic heterocycles. The molecule has 9 heteroatoms. The lowest BCUT2D eigenvalue weighted by molar-refractivity contribution is -0.385. The predicted molar refractivity (Wildman–Crippen MR) is 126 cm³/mol. The van der Waals surface area contributed by atoms with Crippen molar-refractivity contribution in [2.75, 3.05) is 19.6 Å². The Hall–Kier alpha value is -3.59. The first-order valence-electron chi connectivity index (χ1n) is 11.4. The van der Waals surface area contributed by atoms with Crippen molar-refractivity contribution in [1.82, 2.24) is 19.6 Å². The van der Waals surface area contributed by atoms with Crippen LogP contribution in [0.3, 0.4) is 0 Å². The molecule has 178 valence electrons. The number of nitrogens with zero attached hydrogens (tertiary/aromatic N) is 5. The van der Waals surface area contributed by atoms with Crippen LogP contribution < -0.4 is 0 Å². The van der Waals surface area contributed by atoms with Crippen LogP contribution in [0.2, 0.25) is 0 Å². The number of hydrogen-bond donors (Lipinski definition) is 0. The number of hydrogen-bond acceptors (Lipinski definition) is 5. The molecule has 0 radical (unpaired) electrons. The molecule has 0 saturated heterocycles. The van der Waals surface area contributed by atoms with Crippen LogP contribution in [-0.2, 0) is 19.5 Å². The molecule has 0 unspecified atom stereocenters. The summed E-state index contributed by atoms with van der Waals surface area (Å²) in [6.07, 6.45) is 0.775. The SMILES string of the molecule is CCN1CCc2c(c(CN(CC)C(=O)c3ccc(C)c([N+](=O)[O-])c3)nn2-c2cccc(F)c2)C1. The number of carbonyl (C=O) groups excluding carboxylic acids is 1. The van der Waals surface area contributed by atoms with E-state index < -0.39 is 4.92 Å². The van der Waals surface area contributed by atoms with Gasteiger partial charge in [-0.05, 0) is 44.7 Å². The third-order valence-corrected chi connectivity index (χ3v) is 6.38. The average Bonchev–Trinajstić information content (AvgIpc) is 3.19. The Bertz CT molecular complexity index is 1240. The van der Waals surface area contributed by atoms with Crippen molar-refractivity contribution < 1.29 is 14.1 Å². The van der Waals surface area contributed by atoms with Gasteiger partial charge < -0.3 is 4.90 Å². The van der Waals surface area contributed by atoms with Gasteiger partial charge in [-0.2, -0.15) is 5.10 Å². The second kappa shape index (κ2) is 9.72. The summed E-state index contributed by atoms with van der Waals surface area (Å²) in [6.45, 7) is 8.79. The van der Waals surface area contributed by atoms with Crippen LogP contribution in [0.15, 0.2) is 42.5 Å². The van der Waals surface area contributed by atoms with Crippen molar-refractivity contribution in [2.24, 2.45) is 0 Å². The number of nitro benzene ring substituents is 1. The van der Waals surface area contributed by atoms with Crippen molar-refractivity contribution in [3.05, 3.63) is 86.5 Å². The Balaban J connectivity index is 1.70. The Labute approximate surface area is 197 Å². The highest BCUT2D eigenvalue weighted by Crippen LogP contribution is 2.27. The van der Waals surface area contributed by atoms with Gasteiger partial charge in [0.1, 0.15) is 5.82 Å². The minimum atomic E-state index is -0.473. The Morgan fingerprint density at radius 3 is 2.71 bits per heavy atom. The summed E-state index contributed by atoms with van der Waals surface area (Å²) in [5.74, 6) is -0.622. The fourth-order valence-electron chi connectivity index (χ4n) is 4.39. The van der Waals surface area contributed by atoms with E-state index in [1.807, 2.05) is 13.0 Å². The molecule has 3 aromatic rings. The number of nitro groups is 1. The lowest BCUT2D eigenvalue weighted by Gasteiger charge is -2.27. The molecule has 0 N–H and O–H groups in total. The van der Waals surface area contributed by atoms with E-state index >= 15 is 0 Å².